The van der Waals surface area contributed by atoms with Crippen molar-refractivity contribution in [3.8, 4) is 27.9 Å². The zero-order valence-corrected chi connectivity index (χ0v) is 18.0. The molecule has 1 heterocycles. The van der Waals surface area contributed by atoms with E-state index < -0.39 is 0 Å². The van der Waals surface area contributed by atoms with Gasteiger partial charge in [-0.05, 0) is 41.8 Å². The fourth-order valence-corrected chi connectivity index (χ4v) is 4.77. The number of hydrogen-bond acceptors (Lipinski definition) is 0. The normalized spacial score (nSPS) is 11.3. The molecule has 32 heavy (non-hydrogen) atoms. The minimum absolute atomic E-state index is 1.18. The van der Waals surface area contributed by atoms with E-state index in [0.29, 0.717) is 0 Å². The molecule has 5 aromatic carbocycles. The third-order valence-electron chi connectivity index (χ3n) is 6.28. The van der Waals surface area contributed by atoms with E-state index in [9.17, 15) is 0 Å². The highest BCUT2D eigenvalue weighted by molar-refractivity contribution is 6.19. The van der Waals surface area contributed by atoms with E-state index in [1.54, 1.807) is 0 Å². The molecule has 6 aromatic rings. The van der Waals surface area contributed by atoms with Gasteiger partial charge in [-0.3, -0.25) is 0 Å². The van der Waals surface area contributed by atoms with Crippen molar-refractivity contribution < 1.29 is 0 Å². The lowest BCUT2D eigenvalue weighted by molar-refractivity contribution is 1.18. The second-order valence-corrected chi connectivity index (χ2v) is 8.30. The molecule has 0 aliphatic carbocycles. The Labute approximate surface area is 188 Å². The van der Waals surface area contributed by atoms with Crippen LogP contribution in [-0.4, -0.2) is 4.57 Å². The first-order valence-electron chi connectivity index (χ1n) is 11.1. The van der Waals surface area contributed by atoms with E-state index in [0.717, 1.165) is 0 Å². The lowest BCUT2D eigenvalue weighted by Gasteiger charge is -2.14. The first-order valence-corrected chi connectivity index (χ1v) is 11.1. The summed E-state index contributed by atoms with van der Waals surface area (Å²) in [6, 6.07) is 43.6. The summed E-state index contributed by atoms with van der Waals surface area (Å²) in [5.74, 6) is 0. The number of fused-ring (bicyclic) bond motifs is 3. The highest BCUT2D eigenvalue weighted by atomic mass is 15.0. The molecular formula is C31H23N. The molecule has 0 bridgehead atoms. The van der Waals surface area contributed by atoms with Gasteiger partial charge in [0, 0.05) is 22.0 Å². The van der Waals surface area contributed by atoms with Gasteiger partial charge in [0.1, 0.15) is 0 Å². The number of benzene rings is 5. The molecular weight excluding hydrogens is 386 g/mol. The van der Waals surface area contributed by atoms with Crippen LogP contribution in [0.15, 0.2) is 121 Å². The van der Waals surface area contributed by atoms with Crippen molar-refractivity contribution in [3.05, 3.63) is 127 Å². The minimum atomic E-state index is 1.18. The monoisotopic (exact) mass is 409 g/mol. The smallest absolute Gasteiger partial charge is 0.0625 e. The van der Waals surface area contributed by atoms with Gasteiger partial charge in [-0.1, -0.05) is 109 Å². The highest BCUT2D eigenvalue weighted by Gasteiger charge is 2.19. The molecule has 0 saturated carbocycles. The van der Waals surface area contributed by atoms with Crippen LogP contribution in [0.25, 0.3) is 49.7 Å². The van der Waals surface area contributed by atoms with Gasteiger partial charge in [0.25, 0.3) is 0 Å². The zero-order valence-electron chi connectivity index (χ0n) is 18.0. The van der Waals surface area contributed by atoms with E-state index in [-0.39, 0.29) is 0 Å². The zero-order chi connectivity index (χ0) is 21.5. The molecule has 0 radical (unpaired) electrons. The molecule has 6 rings (SSSR count). The minimum Gasteiger partial charge on any atom is -0.309 e. The van der Waals surface area contributed by atoms with Gasteiger partial charge >= 0.3 is 0 Å². The van der Waals surface area contributed by atoms with Crippen molar-refractivity contribution in [3.63, 3.8) is 0 Å². The van der Waals surface area contributed by atoms with Crippen LogP contribution >= 0.6 is 0 Å². The van der Waals surface area contributed by atoms with Crippen LogP contribution in [0.3, 0.4) is 0 Å². The maximum Gasteiger partial charge on any atom is 0.0625 e. The van der Waals surface area contributed by atoms with Crippen molar-refractivity contribution in [1.29, 1.82) is 0 Å². The van der Waals surface area contributed by atoms with Crippen molar-refractivity contribution >= 4 is 21.8 Å². The van der Waals surface area contributed by atoms with Gasteiger partial charge in [0.15, 0.2) is 0 Å². The molecule has 0 spiro atoms. The molecule has 0 atom stereocenters. The predicted molar refractivity (Wildman–Crippen MR) is 136 cm³/mol. The average Bonchev–Trinajstić information content (AvgIpc) is 3.21. The molecule has 0 amide bonds. The molecule has 0 aliphatic heterocycles. The molecule has 1 heteroatoms. The number of aromatic nitrogens is 1. The quantitative estimate of drug-likeness (QED) is 0.276. The van der Waals surface area contributed by atoms with E-state index in [4.69, 9.17) is 0 Å². The van der Waals surface area contributed by atoms with Crippen molar-refractivity contribution in [1.82, 2.24) is 4.57 Å². The number of para-hydroxylation sites is 2. The highest BCUT2D eigenvalue weighted by Crippen LogP contribution is 2.43. The fourth-order valence-electron chi connectivity index (χ4n) is 4.77. The summed E-state index contributed by atoms with van der Waals surface area (Å²) in [4.78, 5) is 0. The van der Waals surface area contributed by atoms with E-state index in [1.165, 1.54) is 55.3 Å². The Balaban J connectivity index is 1.82. The molecule has 152 valence electrons. The number of hydrogen-bond donors (Lipinski definition) is 0. The lowest BCUT2D eigenvalue weighted by Crippen LogP contribution is -1.95. The fraction of sp³-hybridized carbons (Fsp3) is 0.0323. The van der Waals surface area contributed by atoms with E-state index in [2.05, 4.69) is 133 Å². The summed E-state index contributed by atoms with van der Waals surface area (Å²) in [5.41, 5.74) is 9.92. The van der Waals surface area contributed by atoms with Crippen LogP contribution < -0.4 is 0 Å². The van der Waals surface area contributed by atoms with Crippen LogP contribution in [0.4, 0.5) is 0 Å². The van der Waals surface area contributed by atoms with Crippen molar-refractivity contribution in [2.24, 2.45) is 0 Å². The third kappa shape index (κ3) is 2.94. The van der Waals surface area contributed by atoms with E-state index >= 15 is 0 Å². The van der Waals surface area contributed by atoms with Crippen LogP contribution in [0.1, 0.15) is 5.56 Å². The van der Waals surface area contributed by atoms with Crippen LogP contribution in [0, 0.1) is 6.92 Å². The van der Waals surface area contributed by atoms with Crippen molar-refractivity contribution in [2.45, 2.75) is 6.92 Å². The van der Waals surface area contributed by atoms with Crippen LogP contribution in [0.5, 0.6) is 0 Å². The van der Waals surface area contributed by atoms with Gasteiger partial charge < -0.3 is 4.57 Å². The summed E-state index contributed by atoms with van der Waals surface area (Å²) in [7, 11) is 0. The third-order valence-corrected chi connectivity index (χ3v) is 6.28. The van der Waals surface area contributed by atoms with Gasteiger partial charge in [-0.25, -0.2) is 0 Å². The standard InChI is InChI=1S/C31H23N/c1-22-16-18-24(19-17-22)27-21-20-26(23-10-4-2-5-11-23)30-28-14-8-9-15-29(28)32(31(27)30)25-12-6-3-7-13-25/h2-21H,1H3. The molecule has 1 nitrogen and oxygen atoms in total. The van der Waals surface area contributed by atoms with Gasteiger partial charge in [0.2, 0.25) is 0 Å². The van der Waals surface area contributed by atoms with Crippen molar-refractivity contribution in [2.75, 3.05) is 0 Å². The number of aryl methyl sites for hydroxylation is 1. The first kappa shape index (κ1) is 18.7. The molecule has 0 aliphatic rings. The number of nitrogens with zero attached hydrogens (tertiary/aromatic N) is 1. The van der Waals surface area contributed by atoms with Gasteiger partial charge in [-0.15, -0.1) is 0 Å². The Morgan fingerprint density at radius 1 is 0.500 bits per heavy atom. The second-order valence-electron chi connectivity index (χ2n) is 8.30. The summed E-state index contributed by atoms with van der Waals surface area (Å²) in [5, 5.41) is 2.58. The maximum absolute atomic E-state index is 2.42. The predicted octanol–water partition coefficient (Wildman–Crippen LogP) is 8.43. The van der Waals surface area contributed by atoms with Crippen LogP contribution in [0.2, 0.25) is 0 Å². The molecule has 0 fully saturated rings. The summed E-state index contributed by atoms with van der Waals surface area (Å²) in [6.07, 6.45) is 0. The summed E-state index contributed by atoms with van der Waals surface area (Å²) < 4.78 is 2.42. The SMILES string of the molecule is Cc1ccc(-c2ccc(-c3ccccc3)c3c4ccccc4n(-c4ccccc4)c23)cc1. The Kier molecular flexibility index (Phi) is 4.40. The molecule has 0 N–H and O–H groups in total. The van der Waals surface area contributed by atoms with E-state index in [1.807, 2.05) is 0 Å². The summed E-state index contributed by atoms with van der Waals surface area (Å²) in [6.45, 7) is 2.14. The Hall–Kier alpha value is -4.10. The largest absolute Gasteiger partial charge is 0.309 e. The molecule has 0 saturated heterocycles. The Morgan fingerprint density at radius 3 is 1.84 bits per heavy atom. The number of rotatable bonds is 3. The lowest BCUT2D eigenvalue weighted by atomic mass is 9.94. The van der Waals surface area contributed by atoms with Gasteiger partial charge in [-0.2, -0.15) is 0 Å². The topological polar surface area (TPSA) is 4.93 Å². The van der Waals surface area contributed by atoms with Gasteiger partial charge in [0.05, 0.1) is 11.0 Å². The first-order chi connectivity index (χ1) is 15.8. The maximum atomic E-state index is 2.42. The Morgan fingerprint density at radius 2 is 1.09 bits per heavy atom. The molecule has 0 unspecified atom stereocenters. The summed E-state index contributed by atoms with van der Waals surface area (Å²) >= 11 is 0. The Bertz CT molecular complexity index is 1540. The molecule has 1 aromatic heterocycles. The average molecular weight is 410 g/mol. The van der Waals surface area contributed by atoms with Crippen LogP contribution in [-0.2, 0) is 0 Å². The second kappa shape index (κ2) is 7.55.